The number of nitrogens with two attached hydrogens (primary N) is 1. The fourth-order valence-corrected chi connectivity index (χ4v) is 2.52. The Hall–Kier alpha value is -1.94. The summed E-state index contributed by atoms with van der Waals surface area (Å²) in [5, 5.41) is 19.2. The zero-order chi connectivity index (χ0) is 15.1. The first kappa shape index (κ1) is 14.0. The molecule has 0 radical (unpaired) electrons. The van der Waals surface area contributed by atoms with Crippen LogP contribution in [0.3, 0.4) is 0 Å². The average Bonchev–Trinajstić information content (AvgIpc) is 2.99. The van der Waals surface area contributed by atoms with E-state index in [9.17, 15) is 15.0 Å². The van der Waals surface area contributed by atoms with Crippen LogP contribution in [-0.4, -0.2) is 48.5 Å². The summed E-state index contributed by atoms with van der Waals surface area (Å²) in [5.41, 5.74) is 6.83. The second kappa shape index (κ2) is 5.11. The number of anilines is 1. The van der Waals surface area contributed by atoms with Gasteiger partial charge >= 0.3 is 0 Å². The normalized spacial score (nSPS) is 27.8. The molecule has 0 bridgehead atoms. The van der Waals surface area contributed by atoms with Gasteiger partial charge in [0.1, 0.15) is 12.2 Å². The van der Waals surface area contributed by atoms with E-state index in [0.29, 0.717) is 5.57 Å². The van der Waals surface area contributed by atoms with Crippen LogP contribution in [0.5, 0.6) is 0 Å². The number of rotatable bonds is 2. The Morgan fingerprint density at radius 2 is 2.38 bits per heavy atom. The van der Waals surface area contributed by atoms with Gasteiger partial charge in [-0.05, 0) is 0 Å². The Balaban J connectivity index is 2.15. The summed E-state index contributed by atoms with van der Waals surface area (Å²) >= 11 is 5.72. The van der Waals surface area contributed by atoms with Gasteiger partial charge in [0.25, 0.3) is 5.56 Å². The molecule has 21 heavy (non-hydrogen) atoms. The molecular formula is C11H12ClN5O4. The van der Waals surface area contributed by atoms with Crippen LogP contribution in [0.4, 0.5) is 5.95 Å². The molecule has 0 saturated carbocycles. The maximum absolute atomic E-state index is 11.7. The standard InChI is InChI=1S/C11H12ClN5O4/c12-1-4-7(19)5(2-18)21-10(4)17-3-14-6-8(17)15-11(13)16-9(6)20/h1,3,5,7,10,18-19H,2H2,(H3,13,15,16,20)/b4-1+/t5-,7+,10-/m1/s1. The van der Waals surface area contributed by atoms with Crippen molar-refractivity contribution in [3.63, 3.8) is 0 Å². The number of aliphatic hydroxyl groups is 2. The molecule has 0 aromatic carbocycles. The first-order chi connectivity index (χ1) is 10.1. The second-order valence-corrected chi connectivity index (χ2v) is 4.76. The lowest BCUT2D eigenvalue weighted by atomic mass is 10.1. The predicted octanol–water partition coefficient (Wildman–Crippen LogP) is -0.925. The summed E-state index contributed by atoms with van der Waals surface area (Å²) < 4.78 is 6.96. The smallest absolute Gasteiger partial charge is 0.280 e. The summed E-state index contributed by atoms with van der Waals surface area (Å²) in [6.45, 7) is -0.380. The highest BCUT2D eigenvalue weighted by atomic mass is 35.5. The van der Waals surface area contributed by atoms with Gasteiger partial charge in [-0.2, -0.15) is 4.98 Å². The molecule has 3 rings (SSSR count). The van der Waals surface area contributed by atoms with E-state index in [-0.39, 0.29) is 23.7 Å². The zero-order valence-corrected chi connectivity index (χ0v) is 11.4. The lowest BCUT2D eigenvalue weighted by Crippen LogP contribution is -2.25. The molecule has 0 spiro atoms. The number of nitrogens with zero attached hydrogens (tertiary/aromatic N) is 3. The molecule has 0 unspecified atom stereocenters. The van der Waals surface area contributed by atoms with E-state index >= 15 is 0 Å². The van der Waals surface area contributed by atoms with Crippen LogP contribution in [0.15, 0.2) is 22.2 Å². The van der Waals surface area contributed by atoms with E-state index < -0.39 is 24.0 Å². The number of aliphatic hydroxyl groups excluding tert-OH is 2. The molecule has 0 aliphatic carbocycles. The highest BCUT2D eigenvalue weighted by Gasteiger charge is 2.40. The SMILES string of the molecule is Nc1nc2c(ncn2[C@@H]2O[C@H](CO)[C@@H](O)/C2=C\Cl)c(=O)[nH]1. The van der Waals surface area contributed by atoms with Crippen molar-refractivity contribution in [2.24, 2.45) is 0 Å². The van der Waals surface area contributed by atoms with Crippen molar-refractivity contribution >= 4 is 28.7 Å². The van der Waals surface area contributed by atoms with Gasteiger partial charge in [-0.1, -0.05) is 11.6 Å². The summed E-state index contributed by atoms with van der Waals surface area (Å²) in [7, 11) is 0. The molecule has 1 aliphatic rings. The first-order valence-corrected chi connectivity index (χ1v) is 6.47. The number of hydrogen-bond acceptors (Lipinski definition) is 7. The topological polar surface area (TPSA) is 139 Å². The lowest BCUT2D eigenvalue weighted by molar-refractivity contribution is -0.0422. The number of halogens is 1. The Kier molecular flexibility index (Phi) is 3.41. The largest absolute Gasteiger partial charge is 0.394 e. The van der Waals surface area contributed by atoms with Crippen molar-refractivity contribution in [3.8, 4) is 0 Å². The van der Waals surface area contributed by atoms with E-state index in [1.165, 1.54) is 16.4 Å². The molecule has 2 aromatic rings. The van der Waals surface area contributed by atoms with Crippen molar-refractivity contribution in [1.29, 1.82) is 0 Å². The molecular weight excluding hydrogens is 302 g/mol. The number of nitrogen functional groups attached to an aromatic ring is 1. The van der Waals surface area contributed by atoms with Gasteiger partial charge in [0.05, 0.1) is 12.9 Å². The molecule has 1 aliphatic heterocycles. The quantitative estimate of drug-likeness (QED) is 0.562. The second-order valence-electron chi connectivity index (χ2n) is 4.54. The number of fused-ring (bicyclic) bond motifs is 1. The van der Waals surface area contributed by atoms with E-state index in [4.69, 9.17) is 22.1 Å². The van der Waals surface area contributed by atoms with Crippen LogP contribution in [0.25, 0.3) is 11.2 Å². The lowest BCUT2D eigenvalue weighted by Gasteiger charge is -2.14. The van der Waals surface area contributed by atoms with Gasteiger partial charge in [0.2, 0.25) is 5.95 Å². The van der Waals surface area contributed by atoms with Gasteiger partial charge < -0.3 is 20.7 Å². The Morgan fingerprint density at radius 3 is 3.05 bits per heavy atom. The molecule has 9 nitrogen and oxygen atoms in total. The Bertz CT molecular complexity index is 770. The van der Waals surface area contributed by atoms with Crippen molar-refractivity contribution in [3.05, 3.63) is 27.8 Å². The van der Waals surface area contributed by atoms with E-state index in [0.717, 1.165) is 0 Å². The third kappa shape index (κ3) is 2.10. The summed E-state index contributed by atoms with van der Waals surface area (Å²) in [6, 6.07) is 0. The number of aromatic amines is 1. The molecule has 1 fully saturated rings. The number of H-pyrrole nitrogens is 1. The van der Waals surface area contributed by atoms with Crippen LogP contribution >= 0.6 is 11.6 Å². The van der Waals surface area contributed by atoms with Crippen LogP contribution in [0, 0.1) is 0 Å². The summed E-state index contributed by atoms with van der Waals surface area (Å²) in [5.74, 6) is -0.0668. The van der Waals surface area contributed by atoms with Crippen LogP contribution in [-0.2, 0) is 4.74 Å². The van der Waals surface area contributed by atoms with Crippen LogP contribution < -0.4 is 11.3 Å². The molecule has 1 saturated heterocycles. The first-order valence-electron chi connectivity index (χ1n) is 6.03. The zero-order valence-electron chi connectivity index (χ0n) is 10.6. The maximum atomic E-state index is 11.7. The molecule has 10 heteroatoms. The van der Waals surface area contributed by atoms with Gasteiger partial charge in [0.15, 0.2) is 17.4 Å². The minimum absolute atomic E-state index is 0.0668. The van der Waals surface area contributed by atoms with Crippen molar-refractivity contribution in [2.45, 2.75) is 18.4 Å². The number of ether oxygens (including phenoxy) is 1. The summed E-state index contributed by atoms with van der Waals surface area (Å²) in [4.78, 5) is 22.0. The monoisotopic (exact) mass is 313 g/mol. The molecule has 112 valence electrons. The minimum Gasteiger partial charge on any atom is -0.394 e. The molecule has 2 aromatic heterocycles. The van der Waals surface area contributed by atoms with Crippen LogP contribution in [0.2, 0.25) is 0 Å². The van der Waals surface area contributed by atoms with E-state index in [1.54, 1.807) is 0 Å². The minimum atomic E-state index is -1.06. The summed E-state index contributed by atoms with van der Waals surface area (Å²) in [6.07, 6.45) is -1.37. The van der Waals surface area contributed by atoms with E-state index in [1.807, 2.05) is 0 Å². The van der Waals surface area contributed by atoms with Crippen molar-refractivity contribution in [1.82, 2.24) is 19.5 Å². The number of imidazole rings is 1. The van der Waals surface area contributed by atoms with E-state index in [2.05, 4.69) is 15.0 Å². The fraction of sp³-hybridized carbons (Fsp3) is 0.364. The van der Waals surface area contributed by atoms with Gasteiger partial charge in [-0.3, -0.25) is 14.3 Å². The highest BCUT2D eigenvalue weighted by Crippen LogP contribution is 2.35. The van der Waals surface area contributed by atoms with Crippen molar-refractivity contribution in [2.75, 3.05) is 12.3 Å². The number of aromatic nitrogens is 4. The molecule has 5 N–H and O–H groups in total. The van der Waals surface area contributed by atoms with Crippen molar-refractivity contribution < 1.29 is 14.9 Å². The maximum Gasteiger partial charge on any atom is 0.280 e. The number of nitrogens with one attached hydrogen (secondary N) is 1. The molecule has 3 heterocycles. The average molecular weight is 314 g/mol. The van der Waals surface area contributed by atoms with Gasteiger partial charge in [0, 0.05) is 11.1 Å². The molecule has 0 amide bonds. The van der Waals surface area contributed by atoms with Gasteiger partial charge in [-0.15, -0.1) is 0 Å². The third-order valence-electron chi connectivity index (χ3n) is 3.29. The number of hydrogen-bond donors (Lipinski definition) is 4. The van der Waals surface area contributed by atoms with Crippen LogP contribution in [0.1, 0.15) is 6.23 Å². The van der Waals surface area contributed by atoms with Gasteiger partial charge in [-0.25, -0.2) is 4.98 Å². The Labute approximate surface area is 122 Å². The third-order valence-corrected chi connectivity index (χ3v) is 3.54. The Morgan fingerprint density at radius 1 is 1.62 bits per heavy atom. The predicted molar refractivity (Wildman–Crippen MR) is 73.5 cm³/mol. The fourth-order valence-electron chi connectivity index (χ4n) is 2.28. The highest BCUT2D eigenvalue weighted by molar-refractivity contribution is 6.25. The molecule has 3 atom stereocenters.